The van der Waals surface area contributed by atoms with Gasteiger partial charge in [-0.05, 0) is 24.1 Å². The number of ether oxygens (including phenoxy) is 2. The highest BCUT2D eigenvalue weighted by Crippen LogP contribution is 2.26. The number of rotatable bonds is 5. The molecule has 1 aliphatic rings. The summed E-state index contributed by atoms with van der Waals surface area (Å²) in [6.07, 6.45) is 0.632. The molecule has 1 aromatic rings. The predicted molar refractivity (Wildman–Crippen MR) is 70.8 cm³/mol. The molecule has 20 heavy (non-hydrogen) atoms. The van der Waals surface area contributed by atoms with Crippen LogP contribution in [0.1, 0.15) is 18.4 Å². The zero-order valence-corrected chi connectivity index (χ0v) is 11.5. The van der Waals surface area contributed by atoms with Gasteiger partial charge in [0.1, 0.15) is 17.5 Å². The number of hydrogen-bond acceptors (Lipinski definition) is 4. The summed E-state index contributed by atoms with van der Waals surface area (Å²) in [5.41, 5.74) is 0.780. The Bertz CT molecular complexity index is 506. The van der Waals surface area contributed by atoms with Crippen molar-refractivity contribution < 1.29 is 24.2 Å². The standard InChI is InChI=1S/C14H17NO5/c1-19-10-5-9(6-11(7-10)20-2)8-15-12(14(17)18)3-4-13(15)16/h5-7,12H,3-4,8H2,1-2H3,(H,17,18)/t12-/m1/s1. The molecule has 1 saturated heterocycles. The van der Waals surface area contributed by atoms with Crippen molar-refractivity contribution in [2.24, 2.45) is 0 Å². The Labute approximate surface area is 116 Å². The number of carboxylic acids is 1. The second-order valence-corrected chi connectivity index (χ2v) is 4.64. The SMILES string of the molecule is COc1cc(CN2C(=O)CC[C@@H]2C(=O)O)cc(OC)c1. The summed E-state index contributed by atoms with van der Waals surface area (Å²) in [6, 6.07) is 4.52. The van der Waals surface area contributed by atoms with Crippen molar-refractivity contribution in [3.63, 3.8) is 0 Å². The molecule has 0 aromatic heterocycles. The molecule has 1 N–H and O–H groups in total. The Morgan fingerprint density at radius 2 is 1.90 bits per heavy atom. The van der Waals surface area contributed by atoms with Crippen molar-refractivity contribution >= 4 is 11.9 Å². The first-order chi connectivity index (χ1) is 9.55. The zero-order valence-electron chi connectivity index (χ0n) is 11.5. The summed E-state index contributed by atoms with van der Waals surface area (Å²) < 4.78 is 10.3. The second kappa shape index (κ2) is 5.81. The third-order valence-electron chi connectivity index (χ3n) is 3.38. The molecular weight excluding hydrogens is 262 g/mol. The fourth-order valence-electron chi connectivity index (χ4n) is 2.34. The third-order valence-corrected chi connectivity index (χ3v) is 3.38. The molecule has 0 bridgehead atoms. The monoisotopic (exact) mass is 279 g/mol. The van der Waals surface area contributed by atoms with E-state index in [2.05, 4.69) is 0 Å². The van der Waals surface area contributed by atoms with Crippen molar-refractivity contribution in [3.05, 3.63) is 23.8 Å². The molecule has 6 heteroatoms. The Morgan fingerprint density at radius 1 is 1.30 bits per heavy atom. The minimum absolute atomic E-state index is 0.140. The largest absolute Gasteiger partial charge is 0.497 e. The highest BCUT2D eigenvalue weighted by atomic mass is 16.5. The Hall–Kier alpha value is -2.24. The number of carbonyl (C=O) groups is 2. The molecule has 1 fully saturated rings. The fraction of sp³-hybridized carbons (Fsp3) is 0.429. The predicted octanol–water partition coefficient (Wildman–Crippen LogP) is 1.28. The number of aliphatic carboxylic acids is 1. The molecule has 1 aromatic carbocycles. The molecule has 0 spiro atoms. The van der Waals surface area contributed by atoms with Crippen LogP contribution in [0.25, 0.3) is 0 Å². The van der Waals surface area contributed by atoms with Crippen molar-refractivity contribution in [1.82, 2.24) is 4.90 Å². The van der Waals surface area contributed by atoms with Gasteiger partial charge in [0.2, 0.25) is 5.91 Å². The summed E-state index contributed by atoms with van der Waals surface area (Å²) in [5, 5.41) is 9.14. The highest BCUT2D eigenvalue weighted by molar-refractivity contribution is 5.87. The second-order valence-electron chi connectivity index (χ2n) is 4.64. The lowest BCUT2D eigenvalue weighted by atomic mass is 10.1. The minimum Gasteiger partial charge on any atom is -0.497 e. The first-order valence-electron chi connectivity index (χ1n) is 6.29. The van der Waals surface area contributed by atoms with Crippen molar-refractivity contribution in [1.29, 1.82) is 0 Å². The van der Waals surface area contributed by atoms with Crippen molar-refractivity contribution in [2.75, 3.05) is 14.2 Å². The quantitative estimate of drug-likeness (QED) is 0.878. The summed E-state index contributed by atoms with van der Waals surface area (Å²) in [7, 11) is 3.08. The molecule has 108 valence electrons. The molecule has 0 aliphatic carbocycles. The van der Waals surface area contributed by atoms with E-state index in [0.29, 0.717) is 17.9 Å². The van der Waals surface area contributed by atoms with E-state index in [0.717, 1.165) is 5.56 Å². The van der Waals surface area contributed by atoms with E-state index in [1.165, 1.54) is 4.90 Å². The van der Waals surface area contributed by atoms with Crippen LogP contribution in [0.2, 0.25) is 0 Å². The first-order valence-corrected chi connectivity index (χ1v) is 6.29. The lowest BCUT2D eigenvalue weighted by Gasteiger charge is -2.22. The summed E-state index contributed by atoms with van der Waals surface area (Å²) in [5.74, 6) is 0.112. The van der Waals surface area contributed by atoms with Crippen LogP contribution in [0.4, 0.5) is 0 Å². The van der Waals surface area contributed by atoms with Crippen LogP contribution in [0.3, 0.4) is 0 Å². The summed E-state index contributed by atoms with van der Waals surface area (Å²) in [6.45, 7) is 0.239. The normalized spacial score (nSPS) is 18.2. The van der Waals surface area contributed by atoms with Crippen LogP contribution in [-0.2, 0) is 16.1 Å². The van der Waals surface area contributed by atoms with E-state index < -0.39 is 12.0 Å². The Morgan fingerprint density at radius 3 is 2.40 bits per heavy atom. The molecule has 1 heterocycles. The maximum atomic E-state index is 11.8. The van der Waals surface area contributed by atoms with Gasteiger partial charge in [0.25, 0.3) is 0 Å². The average Bonchev–Trinajstić information content (AvgIpc) is 2.80. The smallest absolute Gasteiger partial charge is 0.326 e. The highest BCUT2D eigenvalue weighted by Gasteiger charge is 2.35. The minimum atomic E-state index is -0.967. The number of amides is 1. The molecule has 6 nitrogen and oxygen atoms in total. The van der Waals surface area contributed by atoms with E-state index in [1.54, 1.807) is 32.4 Å². The fourth-order valence-corrected chi connectivity index (χ4v) is 2.34. The van der Waals surface area contributed by atoms with Gasteiger partial charge in [-0.1, -0.05) is 0 Å². The number of nitrogens with zero attached hydrogens (tertiary/aromatic N) is 1. The van der Waals surface area contributed by atoms with Crippen molar-refractivity contribution in [3.8, 4) is 11.5 Å². The topological polar surface area (TPSA) is 76.1 Å². The maximum Gasteiger partial charge on any atom is 0.326 e. The average molecular weight is 279 g/mol. The van der Waals surface area contributed by atoms with Crippen LogP contribution < -0.4 is 9.47 Å². The number of benzene rings is 1. The van der Waals surface area contributed by atoms with Gasteiger partial charge in [0.15, 0.2) is 0 Å². The van der Waals surface area contributed by atoms with E-state index in [1.807, 2.05) is 0 Å². The van der Waals surface area contributed by atoms with E-state index in [4.69, 9.17) is 14.6 Å². The molecule has 0 unspecified atom stereocenters. The third kappa shape index (κ3) is 2.84. The van der Waals surface area contributed by atoms with Gasteiger partial charge in [-0.25, -0.2) is 4.79 Å². The van der Waals surface area contributed by atoms with Gasteiger partial charge in [-0.15, -0.1) is 0 Å². The Balaban J connectivity index is 2.24. The summed E-state index contributed by atoms with van der Waals surface area (Å²) in [4.78, 5) is 24.3. The number of carbonyl (C=O) groups excluding carboxylic acids is 1. The molecule has 2 rings (SSSR count). The van der Waals surface area contributed by atoms with Gasteiger partial charge >= 0.3 is 5.97 Å². The lowest BCUT2D eigenvalue weighted by Crippen LogP contribution is -2.37. The molecule has 1 aliphatic heterocycles. The van der Waals surface area contributed by atoms with Crippen LogP contribution in [0.15, 0.2) is 18.2 Å². The van der Waals surface area contributed by atoms with Crippen LogP contribution in [-0.4, -0.2) is 42.1 Å². The van der Waals surface area contributed by atoms with E-state index in [9.17, 15) is 9.59 Å². The lowest BCUT2D eigenvalue weighted by molar-refractivity contribution is -0.146. The Kier molecular flexibility index (Phi) is 4.12. The van der Waals surface area contributed by atoms with Gasteiger partial charge < -0.3 is 19.5 Å². The maximum absolute atomic E-state index is 11.8. The van der Waals surface area contributed by atoms with Gasteiger partial charge in [0.05, 0.1) is 14.2 Å². The number of methoxy groups -OCH3 is 2. The van der Waals surface area contributed by atoms with E-state index in [-0.39, 0.29) is 18.9 Å². The number of likely N-dealkylation sites (tertiary alicyclic amines) is 1. The van der Waals surface area contributed by atoms with Crippen LogP contribution in [0, 0.1) is 0 Å². The molecule has 1 amide bonds. The zero-order chi connectivity index (χ0) is 14.7. The van der Waals surface area contributed by atoms with E-state index >= 15 is 0 Å². The van der Waals surface area contributed by atoms with Gasteiger partial charge in [0, 0.05) is 19.0 Å². The van der Waals surface area contributed by atoms with Gasteiger partial charge in [-0.2, -0.15) is 0 Å². The van der Waals surface area contributed by atoms with Crippen LogP contribution in [0.5, 0.6) is 11.5 Å². The molecule has 1 atom stereocenters. The molecule has 0 radical (unpaired) electrons. The number of hydrogen-bond donors (Lipinski definition) is 1. The van der Waals surface area contributed by atoms with Crippen LogP contribution >= 0.6 is 0 Å². The van der Waals surface area contributed by atoms with Crippen molar-refractivity contribution in [2.45, 2.75) is 25.4 Å². The molecule has 0 saturated carbocycles. The first kappa shape index (κ1) is 14.2. The number of carboxylic acid groups (broad SMARTS) is 1. The summed E-state index contributed by atoms with van der Waals surface area (Å²) >= 11 is 0. The van der Waals surface area contributed by atoms with Gasteiger partial charge in [-0.3, -0.25) is 4.79 Å². The molecular formula is C14H17NO5.